The van der Waals surface area contributed by atoms with Crippen LogP contribution in [0.1, 0.15) is 19.4 Å². The van der Waals surface area contributed by atoms with Crippen molar-refractivity contribution in [3.05, 3.63) is 45.6 Å². The van der Waals surface area contributed by atoms with Crippen LogP contribution in [0.15, 0.2) is 40.1 Å². The SMILES string of the molecule is CCOC(=O)/C(C#N)=C/N=C(N/N=C(\C)c1ccc(Cl)c(Cl)c1)SC. The molecule has 0 saturated heterocycles. The van der Waals surface area contributed by atoms with Crippen molar-refractivity contribution < 1.29 is 9.53 Å². The Morgan fingerprint density at radius 2 is 2.16 bits per heavy atom. The van der Waals surface area contributed by atoms with Gasteiger partial charge in [-0.3, -0.25) is 5.43 Å². The number of aliphatic imine (C=N–C) groups is 1. The minimum atomic E-state index is -0.718. The Labute approximate surface area is 160 Å². The summed E-state index contributed by atoms with van der Waals surface area (Å²) in [4.78, 5) is 15.6. The lowest BCUT2D eigenvalue weighted by Gasteiger charge is -2.05. The number of carbonyl (C=O) groups excluding carboxylic acids is 1. The Morgan fingerprint density at radius 3 is 2.72 bits per heavy atom. The number of hydrogen-bond acceptors (Lipinski definition) is 6. The third-order valence-corrected chi connectivity index (χ3v) is 4.10. The van der Waals surface area contributed by atoms with E-state index in [1.54, 1.807) is 44.4 Å². The number of hydrazone groups is 1. The number of carbonyl (C=O) groups is 1. The van der Waals surface area contributed by atoms with E-state index in [4.69, 9.17) is 33.2 Å². The van der Waals surface area contributed by atoms with Crippen LogP contribution in [0.25, 0.3) is 0 Å². The molecule has 0 aliphatic heterocycles. The minimum Gasteiger partial charge on any atom is -0.462 e. The van der Waals surface area contributed by atoms with Crippen molar-refractivity contribution in [2.75, 3.05) is 12.9 Å². The molecule has 0 aromatic heterocycles. The van der Waals surface area contributed by atoms with E-state index >= 15 is 0 Å². The molecular formula is C16H16Cl2N4O2S. The normalized spacial score (nSPS) is 12.6. The fourth-order valence-electron chi connectivity index (χ4n) is 1.50. The van der Waals surface area contributed by atoms with Crippen molar-refractivity contribution in [2.24, 2.45) is 10.1 Å². The number of ether oxygens (including phenoxy) is 1. The fourth-order valence-corrected chi connectivity index (χ4v) is 2.10. The average Bonchev–Trinajstić information content (AvgIpc) is 2.60. The highest BCUT2D eigenvalue weighted by molar-refractivity contribution is 8.13. The molecule has 1 N–H and O–H groups in total. The number of nitriles is 1. The summed E-state index contributed by atoms with van der Waals surface area (Å²) in [5.41, 5.74) is 4.03. The van der Waals surface area contributed by atoms with Crippen molar-refractivity contribution in [2.45, 2.75) is 13.8 Å². The summed E-state index contributed by atoms with van der Waals surface area (Å²) < 4.78 is 4.76. The van der Waals surface area contributed by atoms with Gasteiger partial charge in [-0.1, -0.05) is 41.0 Å². The van der Waals surface area contributed by atoms with Gasteiger partial charge >= 0.3 is 5.97 Å². The molecule has 25 heavy (non-hydrogen) atoms. The molecule has 0 radical (unpaired) electrons. The van der Waals surface area contributed by atoms with E-state index < -0.39 is 5.97 Å². The first-order valence-electron chi connectivity index (χ1n) is 7.07. The van der Waals surface area contributed by atoms with E-state index in [0.717, 1.165) is 11.8 Å². The monoisotopic (exact) mass is 398 g/mol. The first-order valence-corrected chi connectivity index (χ1v) is 9.05. The maximum absolute atomic E-state index is 11.5. The van der Waals surface area contributed by atoms with E-state index in [1.807, 2.05) is 0 Å². The maximum Gasteiger partial charge on any atom is 0.350 e. The minimum absolute atomic E-state index is 0.183. The molecule has 1 aromatic rings. The second-order valence-corrected chi connectivity index (χ2v) is 6.06. The van der Waals surface area contributed by atoms with E-state index in [2.05, 4.69) is 15.5 Å². The first-order chi connectivity index (χ1) is 11.9. The Hall–Kier alpha value is -2.01. The molecule has 6 nitrogen and oxygen atoms in total. The molecule has 0 fully saturated rings. The third kappa shape index (κ3) is 6.78. The second kappa shape index (κ2) is 10.8. The van der Waals surface area contributed by atoms with Crippen LogP contribution in [-0.4, -0.2) is 29.7 Å². The number of esters is 1. The predicted molar refractivity (Wildman–Crippen MR) is 103 cm³/mol. The molecule has 0 aliphatic carbocycles. The molecule has 0 saturated carbocycles. The van der Waals surface area contributed by atoms with Gasteiger partial charge in [0.05, 0.1) is 28.6 Å². The highest BCUT2D eigenvalue weighted by Gasteiger charge is 2.09. The zero-order valence-corrected chi connectivity index (χ0v) is 16.2. The van der Waals surface area contributed by atoms with Gasteiger partial charge in [-0.05, 0) is 37.8 Å². The zero-order chi connectivity index (χ0) is 18.8. The van der Waals surface area contributed by atoms with Crippen LogP contribution in [0.5, 0.6) is 0 Å². The highest BCUT2D eigenvalue weighted by Crippen LogP contribution is 2.22. The largest absolute Gasteiger partial charge is 0.462 e. The number of thioether (sulfide) groups is 1. The predicted octanol–water partition coefficient (Wildman–Crippen LogP) is 4.00. The smallest absolute Gasteiger partial charge is 0.350 e. The molecule has 0 spiro atoms. The lowest BCUT2D eigenvalue weighted by atomic mass is 10.1. The van der Waals surface area contributed by atoms with Crippen molar-refractivity contribution >= 4 is 51.8 Å². The Balaban J connectivity index is 2.92. The quantitative estimate of drug-likeness (QED) is 0.202. The molecule has 1 aromatic carbocycles. The van der Waals surface area contributed by atoms with Gasteiger partial charge in [0.25, 0.3) is 0 Å². The van der Waals surface area contributed by atoms with Gasteiger partial charge in [0.1, 0.15) is 6.07 Å². The molecule has 9 heteroatoms. The van der Waals surface area contributed by atoms with Crippen LogP contribution in [-0.2, 0) is 9.53 Å². The first kappa shape index (κ1) is 21.0. The van der Waals surface area contributed by atoms with Gasteiger partial charge < -0.3 is 4.74 Å². The summed E-state index contributed by atoms with van der Waals surface area (Å²) in [5, 5.41) is 14.5. The van der Waals surface area contributed by atoms with Crippen LogP contribution < -0.4 is 5.43 Å². The standard InChI is InChI=1S/C16H16Cl2N4O2S/c1-4-24-15(23)12(8-19)9-20-16(25-3)22-21-10(2)11-5-6-13(17)14(18)7-11/h5-7,9H,4H2,1-3H3,(H,20,22)/b12-9+,21-10+. The topological polar surface area (TPSA) is 86.8 Å². The van der Waals surface area contributed by atoms with E-state index in [9.17, 15) is 4.79 Å². The molecule has 0 bridgehead atoms. The summed E-state index contributed by atoms with van der Waals surface area (Å²) in [6.45, 7) is 3.63. The van der Waals surface area contributed by atoms with Crippen LogP contribution in [0.4, 0.5) is 0 Å². The Morgan fingerprint density at radius 1 is 1.44 bits per heavy atom. The molecule has 0 atom stereocenters. The van der Waals surface area contributed by atoms with Crippen molar-refractivity contribution in [3.8, 4) is 6.07 Å². The van der Waals surface area contributed by atoms with Crippen LogP contribution >= 0.6 is 35.0 Å². The maximum atomic E-state index is 11.5. The fraction of sp³-hybridized carbons (Fsp3) is 0.250. The number of nitrogens with zero attached hydrogens (tertiary/aromatic N) is 3. The summed E-state index contributed by atoms with van der Waals surface area (Å²) in [6, 6.07) is 6.93. The van der Waals surface area contributed by atoms with Crippen LogP contribution in [0.2, 0.25) is 10.0 Å². The summed E-state index contributed by atoms with van der Waals surface area (Å²) in [5.74, 6) is -0.718. The van der Waals surface area contributed by atoms with E-state index in [0.29, 0.717) is 20.9 Å². The summed E-state index contributed by atoms with van der Waals surface area (Å²) in [7, 11) is 0. The van der Waals surface area contributed by atoms with Gasteiger partial charge in [0.2, 0.25) is 0 Å². The average molecular weight is 399 g/mol. The number of benzene rings is 1. The van der Waals surface area contributed by atoms with Crippen molar-refractivity contribution in [1.82, 2.24) is 5.43 Å². The van der Waals surface area contributed by atoms with Crippen molar-refractivity contribution in [3.63, 3.8) is 0 Å². The number of halogens is 2. The number of amidine groups is 1. The molecule has 0 heterocycles. The lowest BCUT2D eigenvalue weighted by Crippen LogP contribution is -2.16. The number of rotatable bonds is 5. The highest BCUT2D eigenvalue weighted by atomic mass is 35.5. The Kier molecular flexibility index (Phi) is 9.06. The summed E-state index contributed by atoms with van der Waals surface area (Å²) in [6.07, 6.45) is 2.92. The molecule has 0 amide bonds. The molecular weight excluding hydrogens is 383 g/mol. The second-order valence-electron chi connectivity index (χ2n) is 4.45. The van der Waals surface area contributed by atoms with Crippen molar-refractivity contribution in [1.29, 1.82) is 5.26 Å². The lowest BCUT2D eigenvalue weighted by molar-refractivity contribution is -0.138. The van der Waals surface area contributed by atoms with Gasteiger partial charge in [0, 0.05) is 0 Å². The number of hydrogen-bond donors (Lipinski definition) is 1. The van der Waals surface area contributed by atoms with Crippen LogP contribution in [0, 0.1) is 11.3 Å². The van der Waals surface area contributed by atoms with E-state index in [1.165, 1.54) is 11.8 Å². The molecule has 132 valence electrons. The van der Waals surface area contributed by atoms with Crippen LogP contribution in [0.3, 0.4) is 0 Å². The van der Waals surface area contributed by atoms with Gasteiger partial charge in [0.15, 0.2) is 10.7 Å². The third-order valence-electron chi connectivity index (χ3n) is 2.78. The zero-order valence-electron chi connectivity index (χ0n) is 13.8. The molecule has 0 unspecified atom stereocenters. The van der Waals surface area contributed by atoms with Gasteiger partial charge in [-0.2, -0.15) is 10.4 Å². The Bertz CT molecular complexity index is 770. The van der Waals surface area contributed by atoms with Gasteiger partial charge in [-0.15, -0.1) is 0 Å². The van der Waals surface area contributed by atoms with E-state index in [-0.39, 0.29) is 12.2 Å². The van der Waals surface area contributed by atoms with Gasteiger partial charge in [-0.25, -0.2) is 9.79 Å². The molecule has 1 rings (SSSR count). The summed E-state index contributed by atoms with van der Waals surface area (Å²) >= 11 is 13.1. The number of nitrogens with one attached hydrogen (secondary N) is 1. The molecule has 0 aliphatic rings.